The van der Waals surface area contributed by atoms with E-state index in [0.29, 0.717) is 12.3 Å². The van der Waals surface area contributed by atoms with Crippen molar-refractivity contribution in [3.05, 3.63) is 54.0 Å². The minimum atomic E-state index is -0.574. The second-order valence-electron chi connectivity index (χ2n) is 7.77. The minimum absolute atomic E-state index is 0.0211. The Bertz CT molecular complexity index is 685. The average molecular weight is 358 g/mol. The van der Waals surface area contributed by atoms with Crippen LogP contribution in [-0.2, 0) is 10.2 Å². The van der Waals surface area contributed by atoms with E-state index in [4.69, 9.17) is 9.15 Å². The van der Waals surface area contributed by atoms with Gasteiger partial charge in [-0.2, -0.15) is 0 Å². The van der Waals surface area contributed by atoms with Crippen LogP contribution in [0.15, 0.2) is 47.1 Å². The number of hydrogen-bond donors (Lipinski definition) is 1. The number of benzene rings is 1. The van der Waals surface area contributed by atoms with Gasteiger partial charge in [-0.15, -0.1) is 0 Å². The van der Waals surface area contributed by atoms with Crippen LogP contribution < -0.4 is 10.1 Å². The van der Waals surface area contributed by atoms with Crippen LogP contribution in [0.4, 0.5) is 0 Å². The lowest BCUT2D eigenvalue weighted by Gasteiger charge is -2.24. The highest BCUT2D eigenvalue weighted by molar-refractivity contribution is 5.80. The van der Waals surface area contributed by atoms with Gasteiger partial charge in [-0.3, -0.25) is 9.69 Å². The third-order valence-corrected chi connectivity index (χ3v) is 4.37. The summed E-state index contributed by atoms with van der Waals surface area (Å²) in [5.41, 5.74) is 1.32. The molecule has 0 bridgehead atoms. The van der Waals surface area contributed by atoms with Gasteiger partial charge in [-0.05, 0) is 56.3 Å². The molecule has 0 saturated heterocycles. The predicted octanol–water partition coefficient (Wildman–Crippen LogP) is 3.76. The number of hydrogen-bond acceptors (Lipinski definition) is 4. The smallest absolute Gasteiger partial charge is 0.260 e. The maximum absolute atomic E-state index is 12.4. The molecule has 1 N–H and O–H groups in total. The molecule has 0 radical (unpaired) electrons. The van der Waals surface area contributed by atoms with E-state index in [1.807, 2.05) is 55.4 Å². The average Bonchev–Trinajstić information content (AvgIpc) is 3.08. The van der Waals surface area contributed by atoms with Crippen LogP contribution in [0.5, 0.6) is 5.75 Å². The molecule has 2 rings (SSSR count). The number of nitrogens with zero attached hydrogens (tertiary/aromatic N) is 1. The number of nitrogens with one attached hydrogen (secondary N) is 1. The highest BCUT2D eigenvalue weighted by atomic mass is 16.5. The van der Waals surface area contributed by atoms with Crippen LogP contribution in [0, 0.1) is 0 Å². The fourth-order valence-electron chi connectivity index (χ4n) is 2.65. The zero-order valence-corrected chi connectivity index (χ0v) is 16.6. The summed E-state index contributed by atoms with van der Waals surface area (Å²) in [6.07, 6.45) is 1.07. The van der Waals surface area contributed by atoms with Crippen molar-refractivity contribution in [3.8, 4) is 5.75 Å². The Labute approximate surface area is 156 Å². The van der Waals surface area contributed by atoms with E-state index < -0.39 is 6.10 Å². The van der Waals surface area contributed by atoms with Crippen molar-refractivity contribution in [2.24, 2.45) is 0 Å². The molecule has 5 heteroatoms. The largest absolute Gasteiger partial charge is 0.481 e. The Hall–Kier alpha value is -2.27. The number of rotatable bonds is 7. The minimum Gasteiger partial charge on any atom is -0.481 e. The number of carbonyl (C=O) groups excluding carboxylic acids is 1. The molecule has 1 heterocycles. The lowest BCUT2D eigenvalue weighted by molar-refractivity contribution is -0.127. The molecule has 1 aromatic carbocycles. The first-order chi connectivity index (χ1) is 12.2. The summed E-state index contributed by atoms with van der Waals surface area (Å²) < 4.78 is 11.2. The Kier molecular flexibility index (Phi) is 6.48. The van der Waals surface area contributed by atoms with E-state index in [-0.39, 0.29) is 17.4 Å². The van der Waals surface area contributed by atoms with Gasteiger partial charge < -0.3 is 14.5 Å². The van der Waals surface area contributed by atoms with Crippen LogP contribution in [0.25, 0.3) is 0 Å². The summed E-state index contributed by atoms with van der Waals surface area (Å²) in [6.45, 7) is 8.71. The first kappa shape index (κ1) is 20.0. The zero-order chi connectivity index (χ0) is 19.3. The van der Waals surface area contributed by atoms with Gasteiger partial charge in [0.05, 0.1) is 12.3 Å². The molecule has 0 fully saturated rings. The third-order valence-electron chi connectivity index (χ3n) is 4.37. The third kappa shape index (κ3) is 5.36. The Morgan fingerprint density at radius 1 is 1.19 bits per heavy atom. The number of ether oxygens (including phenoxy) is 1. The van der Waals surface area contributed by atoms with E-state index in [0.717, 1.165) is 5.76 Å². The van der Waals surface area contributed by atoms with Gasteiger partial charge in [-0.1, -0.05) is 32.9 Å². The first-order valence-electron chi connectivity index (χ1n) is 8.93. The van der Waals surface area contributed by atoms with Gasteiger partial charge in [0.25, 0.3) is 5.91 Å². The van der Waals surface area contributed by atoms with Crippen LogP contribution >= 0.6 is 0 Å². The number of carbonyl (C=O) groups is 1. The Morgan fingerprint density at radius 3 is 2.35 bits per heavy atom. The Balaban J connectivity index is 1.91. The fourth-order valence-corrected chi connectivity index (χ4v) is 2.65. The molecule has 0 spiro atoms. The van der Waals surface area contributed by atoms with E-state index >= 15 is 0 Å². The van der Waals surface area contributed by atoms with Gasteiger partial charge in [0.1, 0.15) is 11.5 Å². The van der Waals surface area contributed by atoms with Crippen LogP contribution in [0.3, 0.4) is 0 Å². The van der Waals surface area contributed by atoms with Crippen molar-refractivity contribution < 1.29 is 13.9 Å². The molecule has 2 unspecified atom stereocenters. The van der Waals surface area contributed by atoms with Crippen molar-refractivity contribution in [3.63, 3.8) is 0 Å². The van der Waals surface area contributed by atoms with Crippen molar-refractivity contribution in [2.75, 3.05) is 20.6 Å². The predicted molar refractivity (Wildman–Crippen MR) is 103 cm³/mol. The first-order valence-corrected chi connectivity index (χ1v) is 8.93. The van der Waals surface area contributed by atoms with Gasteiger partial charge in [-0.25, -0.2) is 0 Å². The maximum Gasteiger partial charge on any atom is 0.260 e. The molecular weight excluding hydrogens is 328 g/mol. The molecule has 0 aliphatic rings. The van der Waals surface area contributed by atoms with Crippen molar-refractivity contribution in [1.82, 2.24) is 10.2 Å². The topological polar surface area (TPSA) is 54.7 Å². The number of amides is 1. The van der Waals surface area contributed by atoms with E-state index in [1.165, 1.54) is 5.56 Å². The highest BCUT2D eigenvalue weighted by Crippen LogP contribution is 2.24. The number of furan rings is 1. The summed E-state index contributed by atoms with van der Waals surface area (Å²) >= 11 is 0. The van der Waals surface area contributed by atoms with Gasteiger partial charge >= 0.3 is 0 Å². The van der Waals surface area contributed by atoms with Crippen molar-refractivity contribution >= 4 is 5.91 Å². The summed E-state index contributed by atoms with van der Waals surface area (Å²) in [7, 11) is 3.91. The molecule has 1 amide bonds. The van der Waals surface area contributed by atoms with E-state index in [2.05, 4.69) is 26.1 Å². The standard InChI is InChI=1S/C21H30N2O3/c1-15(26-17-11-9-16(10-12-17)21(2,3)4)20(24)22-14-18(23(5)6)19-8-7-13-25-19/h7-13,15,18H,14H2,1-6H3,(H,22,24). The lowest BCUT2D eigenvalue weighted by atomic mass is 9.87. The summed E-state index contributed by atoms with van der Waals surface area (Å²) in [6, 6.07) is 11.6. The van der Waals surface area contributed by atoms with Crippen LogP contribution in [0.1, 0.15) is 45.1 Å². The zero-order valence-electron chi connectivity index (χ0n) is 16.6. The normalized spacial score (nSPS) is 14.1. The molecule has 0 aliphatic heterocycles. The van der Waals surface area contributed by atoms with Crippen molar-refractivity contribution in [2.45, 2.75) is 45.3 Å². The van der Waals surface area contributed by atoms with Crippen molar-refractivity contribution in [1.29, 1.82) is 0 Å². The van der Waals surface area contributed by atoms with Gasteiger partial charge in [0, 0.05) is 6.54 Å². The van der Waals surface area contributed by atoms with E-state index in [9.17, 15) is 4.79 Å². The molecule has 2 aromatic rings. The molecule has 0 aliphatic carbocycles. The Morgan fingerprint density at radius 2 is 1.85 bits per heavy atom. The maximum atomic E-state index is 12.4. The second kappa shape index (κ2) is 8.41. The second-order valence-corrected chi connectivity index (χ2v) is 7.77. The van der Waals surface area contributed by atoms with Gasteiger partial charge in [0.15, 0.2) is 6.10 Å². The molecule has 2 atom stereocenters. The summed E-state index contributed by atoms with van der Waals surface area (Å²) in [4.78, 5) is 14.4. The van der Waals surface area contributed by atoms with E-state index in [1.54, 1.807) is 13.2 Å². The van der Waals surface area contributed by atoms with Gasteiger partial charge in [0.2, 0.25) is 0 Å². The molecule has 0 saturated carbocycles. The fraction of sp³-hybridized carbons (Fsp3) is 0.476. The highest BCUT2D eigenvalue weighted by Gasteiger charge is 2.21. The molecule has 142 valence electrons. The number of likely N-dealkylation sites (N-methyl/N-ethyl adjacent to an activating group) is 1. The quantitative estimate of drug-likeness (QED) is 0.819. The molecular formula is C21H30N2O3. The molecule has 5 nitrogen and oxygen atoms in total. The molecule has 26 heavy (non-hydrogen) atoms. The monoisotopic (exact) mass is 358 g/mol. The van der Waals surface area contributed by atoms with Crippen LogP contribution in [0.2, 0.25) is 0 Å². The van der Waals surface area contributed by atoms with Crippen LogP contribution in [-0.4, -0.2) is 37.6 Å². The summed E-state index contributed by atoms with van der Waals surface area (Å²) in [5.74, 6) is 1.36. The molecule has 1 aromatic heterocycles. The SMILES string of the molecule is CC(Oc1ccc(C(C)(C)C)cc1)C(=O)NCC(c1ccco1)N(C)C. The summed E-state index contributed by atoms with van der Waals surface area (Å²) in [5, 5.41) is 2.94. The lowest BCUT2D eigenvalue weighted by Crippen LogP contribution is -2.40.